The summed E-state index contributed by atoms with van der Waals surface area (Å²) in [6.07, 6.45) is 0.475. The van der Waals surface area contributed by atoms with Gasteiger partial charge in [0.1, 0.15) is 17.4 Å². The molecule has 32 heavy (non-hydrogen) atoms. The summed E-state index contributed by atoms with van der Waals surface area (Å²) in [6.45, 7) is 6.72. The van der Waals surface area contributed by atoms with Gasteiger partial charge in [0.15, 0.2) is 6.61 Å². The van der Waals surface area contributed by atoms with Crippen molar-refractivity contribution in [3.8, 4) is 5.75 Å². The lowest BCUT2D eigenvalue weighted by Crippen LogP contribution is -2.46. The molecule has 0 radical (unpaired) electrons. The third-order valence-electron chi connectivity index (χ3n) is 5.49. The fourth-order valence-electron chi connectivity index (χ4n) is 3.60. The van der Waals surface area contributed by atoms with Crippen molar-refractivity contribution in [2.75, 3.05) is 6.61 Å². The van der Waals surface area contributed by atoms with Crippen LogP contribution in [-0.2, 0) is 16.0 Å². The van der Waals surface area contributed by atoms with Crippen LogP contribution in [0.3, 0.4) is 0 Å². The molecule has 0 spiro atoms. The second-order valence-electron chi connectivity index (χ2n) is 8.14. The Hall–Kier alpha value is -3.61. The van der Waals surface area contributed by atoms with Crippen molar-refractivity contribution < 1.29 is 23.8 Å². The maximum Gasteiger partial charge on any atom is 0.340 e. The van der Waals surface area contributed by atoms with Crippen LogP contribution in [0, 0.1) is 19.8 Å². The zero-order valence-corrected chi connectivity index (χ0v) is 18.6. The Balaban J connectivity index is 1.83. The molecule has 0 saturated heterocycles. The van der Waals surface area contributed by atoms with Crippen molar-refractivity contribution in [1.29, 1.82) is 0 Å². The van der Waals surface area contributed by atoms with E-state index in [0.717, 1.165) is 16.5 Å². The van der Waals surface area contributed by atoms with Crippen LogP contribution in [0.15, 0.2) is 51.7 Å². The van der Waals surface area contributed by atoms with Gasteiger partial charge >= 0.3 is 11.6 Å². The number of rotatable bonds is 8. The second-order valence-corrected chi connectivity index (χ2v) is 8.14. The molecule has 3 aromatic rings. The molecule has 2 aromatic carbocycles. The lowest BCUT2D eigenvalue weighted by atomic mass is 9.98. The standard InChI is InChI=1S/C25H27NO6/c1-14(2)22(24(28)29)26-21(27)13-31-20-11-10-18-15(3)19(12-17-8-6-5-7-9-17)25(30)32-23(18)16(20)4/h5-11,14,22H,12-13H2,1-4H3,(H,26,27)(H,28,29). The summed E-state index contributed by atoms with van der Waals surface area (Å²) >= 11 is 0. The van der Waals surface area contributed by atoms with Crippen LogP contribution in [0.1, 0.15) is 36.1 Å². The summed E-state index contributed by atoms with van der Waals surface area (Å²) in [5.41, 5.74) is 3.07. The summed E-state index contributed by atoms with van der Waals surface area (Å²) in [6, 6.07) is 12.2. The summed E-state index contributed by atoms with van der Waals surface area (Å²) in [5, 5.41) is 12.5. The minimum absolute atomic E-state index is 0.263. The summed E-state index contributed by atoms with van der Waals surface area (Å²) in [5.74, 6) is -1.51. The molecule has 0 fully saturated rings. The van der Waals surface area contributed by atoms with Crippen LogP contribution in [0.4, 0.5) is 0 Å². The van der Waals surface area contributed by atoms with E-state index < -0.39 is 23.5 Å². The zero-order chi connectivity index (χ0) is 23.4. The fourth-order valence-corrected chi connectivity index (χ4v) is 3.60. The number of hydrogen-bond acceptors (Lipinski definition) is 5. The van der Waals surface area contributed by atoms with Gasteiger partial charge in [0.2, 0.25) is 0 Å². The minimum atomic E-state index is -1.10. The van der Waals surface area contributed by atoms with Gasteiger partial charge in [-0.15, -0.1) is 0 Å². The van der Waals surface area contributed by atoms with Crippen LogP contribution in [0.5, 0.6) is 5.75 Å². The molecule has 1 heterocycles. The number of ether oxygens (including phenoxy) is 1. The number of carboxylic acid groups (broad SMARTS) is 1. The van der Waals surface area contributed by atoms with E-state index in [1.807, 2.05) is 37.3 Å². The molecule has 1 aromatic heterocycles. The van der Waals surface area contributed by atoms with Gasteiger partial charge in [-0.2, -0.15) is 0 Å². The molecular weight excluding hydrogens is 410 g/mol. The average molecular weight is 437 g/mol. The molecule has 3 rings (SSSR count). The van der Waals surface area contributed by atoms with Gasteiger partial charge in [-0.3, -0.25) is 4.79 Å². The number of aliphatic carboxylic acids is 1. The van der Waals surface area contributed by atoms with Crippen molar-refractivity contribution in [1.82, 2.24) is 5.32 Å². The van der Waals surface area contributed by atoms with E-state index in [9.17, 15) is 19.5 Å². The summed E-state index contributed by atoms with van der Waals surface area (Å²) in [7, 11) is 0. The molecule has 1 atom stereocenters. The molecule has 0 bridgehead atoms. The van der Waals surface area contributed by atoms with Crippen LogP contribution in [0.2, 0.25) is 0 Å². The monoisotopic (exact) mass is 437 g/mol. The summed E-state index contributed by atoms with van der Waals surface area (Å²) in [4.78, 5) is 36.1. The summed E-state index contributed by atoms with van der Waals surface area (Å²) < 4.78 is 11.2. The van der Waals surface area contributed by atoms with E-state index in [4.69, 9.17) is 9.15 Å². The van der Waals surface area contributed by atoms with Gasteiger partial charge in [0, 0.05) is 22.9 Å². The highest BCUT2D eigenvalue weighted by atomic mass is 16.5. The smallest absolute Gasteiger partial charge is 0.340 e. The average Bonchev–Trinajstić information content (AvgIpc) is 2.75. The van der Waals surface area contributed by atoms with Crippen molar-refractivity contribution in [3.63, 3.8) is 0 Å². The predicted octanol–water partition coefficient (Wildman–Crippen LogP) is 3.60. The first-order valence-corrected chi connectivity index (χ1v) is 10.4. The highest BCUT2D eigenvalue weighted by molar-refractivity contribution is 5.87. The molecular formula is C25H27NO6. The minimum Gasteiger partial charge on any atom is -0.483 e. The Morgan fingerprint density at radius 1 is 1.06 bits per heavy atom. The number of nitrogens with one attached hydrogen (secondary N) is 1. The lowest BCUT2D eigenvalue weighted by molar-refractivity contribution is -0.143. The molecule has 0 aliphatic carbocycles. The van der Waals surface area contributed by atoms with Gasteiger partial charge in [-0.25, -0.2) is 9.59 Å². The Labute approximate surface area is 186 Å². The van der Waals surface area contributed by atoms with E-state index in [2.05, 4.69) is 5.32 Å². The van der Waals surface area contributed by atoms with Crippen LogP contribution < -0.4 is 15.7 Å². The first kappa shape index (κ1) is 23.1. The van der Waals surface area contributed by atoms with E-state index >= 15 is 0 Å². The molecule has 0 aliphatic rings. The maximum absolute atomic E-state index is 12.7. The first-order valence-electron chi connectivity index (χ1n) is 10.4. The normalized spacial score (nSPS) is 12.0. The van der Waals surface area contributed by atoms with E-state index in [1.54, 1.807) is 32.9 Å². The molecule has 7 nitrogen and oxygen atoms in total. The van der Waals surface area contributed by atoms with E-state index in [1.165, 1.54) is 0 Å². The highest BCUT2D eigenvalue weighted by Gasteiger charge is 2.24. The number of carboxylic acids is 1. The molecule has 7 heteroatoms. The zero-order valence-electron chi connectivity index (χ0n) is 18.6. The van der Waals surface area contributed by atoms with Gasteiger partial charge < -0.3 is 19.6 Å². The number of aryl methyl sites for hydroxylation is 2. The second kappa shape index (κ2) is 9.68. The van der Waals surface area contributed by atoms with Crippen LogP contribution in [0.25, 0.3) is 11.0 Å². The highest BCUT2D eigenvalue weighted by Crippen LogP contribution is 2.30. The fraction of sp³-hybridized carbons (Fsp3) is 0.320. The Kier molecular flexibility index (Phi) is 6.98. The lowest BCUT2D eigenvalue weighted by Gasteiger charge is -2.18. The number of hydrogen-bond donors (Lipinski definition) is 2. The van der Waals surface area contributed by atoms with Gasteiger partial charge in [-0.05, 0) is 43.0 Å². The predicted molar refractivity (Wildman–Crippen MR) is 121 cm³/mol. The third-order valence-corrected chi connectivity index (χ3v) is 5.49. The van der Waals surface area contributed by atoms with Crippen molar-refractivity contribution >= 4 is 22.8 Å². The maximum atomic E-state index is 12.7. The quantitative estimate of drug-likeness (QED) is 0.522. The Morgan fingerprint density at radius 3 is 2.38 bits per heavy atom. The molecule has 0 aliphatic heterocycles. The number of carbonyl (C=O) groups excluding carboxylic acids is 1. The van der Waals surface area contributed by atoms with Gasteiger partial charge in [0.05, 0.1) is 0 Å². The number of carbonyl (C=O) groups is 2. The number of benzene rings is 2. The molecule has 2 N–H and O–H groups in total. The molecule has 0 saturated carbocycles. The van der Waals surface area contributed by atoms with Crippen molar-refractivity contribution in [2.45, 2.75) is 40.2 Å². The largest absolute Gasteiger partial charge is 0.483 e. The van der Waals surface area contributed by atoms with E-state index in [-0.39, 0.29) is 12.5 Å². The van der Waals surface area contributed by atoms with E-state index in [0.29, 0.717) is 28.9 Å². The Bertz CT molecular complexity index is 1200. The van der Waals surface area contributed by atoms with Crippen molar-refractivity contribution in [3.05, 3.63) is 75.1 Å². The molecule has 1 amide bonds. The molecule has 168 valence electrons. The Morgan fingerprint density at radius 2 is 1.75 bits per heavy atom. The SMILES string of the molecule is Cc1c(Cc2ccccc2)c(=O)oc2c(C)c(OCC(=O)NC(C(=O)O)C(C)C)ccc12. The molecule has 1 unspecified atom stereocenters. The first-order chi connectivity index (χ1) is 15.2. The topological polar surface area (TPSA) is 106 Å². The number of amides is 1. The van der Waals surface area contributed by atoms with Gasteiger partial charge in [0.25, 0.3) is 5.91 Å². The van der Waals surface area contributed by atoms with Crippen LogP contribution >= 0.6 is 0 Å². The third kappa shape index (κ3) is 4.99. The van der Waals surface area contributed by atoms with Crippen LogP contribution in [-0.4, -0.2) is 29.6 Å². The number of fused-ring (bicyclic) bond motifs is 1. The van der Waals surface area contributed by atoms with Crippen molar-refractivity contribution in [2.24, 2.45) is 5.92 Å². The van der Waals surface area contributed by atoms with Gasteiger partial charge in [-0.1, -0.05) is 44.2 Å².